The lowest BCUT2D eigenvalue weighted by molar-refractivity contribution is -0.120. The first-order valence-electron chi connectivity index (χ1n) is 6.36. The number of amides is 1. The number of anilines is 1. The fourth-order valence-corrected chi connectivity index (χ4v) is 2.58. The van der Waals surface area contributed by atoms with Crippen molar-refractivity contribution in [3.8, 4) is 0 Å². The van der Waals surface area contributed by atoms with Crippen LogP contribution in [0.5, 0.6) is 0 Å². The minimum Gasteiger partial charge on any atom is -0.326 e. The summed E-state index contributed by atoms with van der Waals surface area (Å²) in [7, 11) is 0. The molecule has 19 heavy (non-hydrogen) atoms. The Morgan fingerprint density at radius 3 is 2.84 bits per heavy atom. The number of hydrogen-bond donors (Lipinski definition) is 2. The summed E-state index contributed by atoms with van der Waals surface area (Å²) >= 11 is 3.46. The zero-order chi connectivity index (χ0) is 13.1. The van der Waals surface area contributed by atoms with Gasteiger partial charge in [0, 0.05) is 22.1 Å². The Balaban J connectivity index is 0.00000180. The fourth-order valence-electron chi connectivity index (χ4n) is 2.34. The Bertz CT molecular complexity index is 453. The number of carbonyl (C=O) groups is 1. The monoisotopic (exact) mass is 346 g/mol. The van der Waals surface area contributed by atoms with Gasteiger partial charge in [0.15, 0.2) is 0 Å². The SMILES string of the molecule is Cc1cc(NC(=O)[C@H]2CCN[C@@H](C)C2)ccc1Br.Cl. The molecule has 0 spiro atoms. The molecule has 1 aliphatic heterocycles. The standard InChI is InChI=1S/C14H19BrN2O.ClH/c1-9-7-12(3-4-13(9)15)17-14(18)11-5-6-16-10(2)8-11;/h3-4,7,10-11,16H,5-6,8H2,1-2H3,(H,17,18);1H/t10-,11-;/m0./s1. The molecule has 0 bridgehead atoms. The molecule has 0 saturated carbocycles. The van der Waals surface area contributed by atoms with E-state index in [0.717, 1.165) is 35.1 Å². The first kappa shape index (κ1) is 16.5. The van der Waals surface area contributed by atoms with Crippen molar-refractivity contribution in [2.24, 2.45) is 5.92 Å². The molecule has 1 heterocycles. The normalized spacial score (nSPS) is 22.5. The highest BCUT2D eigenvalue weighted by Crippen LogP contribution is 2.22. The van der Waals surface area contributed by atoms with E-state index in [1.165, 1.54) is 0 Å². The van der Waals surface area contributed by atoms with Crippen LogP contribution in [0.25, 0.3) is 0 Å². The molecule has 1 fully saturated rings. The van der Waals surface area contributed by atoms with Crippen LogP contribution >= 0.6 is 28.3 Å². The third-order valence-electron chi connectivity index (χ3n) is 3.42. The van der Waals surface area contributed by atoms with Crippen molar-refractivity contribution in [1.29, 1.82) is 0 Å². The number of nitrogens with one attached hydrogen (secondary N) is 2. The van der Waals surface area contributed by atoms with E-state index in [-0.39, 0.29) is 24.2 Å². The van der Waals surface area contributed by atoms with Gasteiger partial charge in [-0.05, 0) is 57.0 Å². The van der Waals surface area contributed by atoms with E-state index in [1.54, 1.807) is 0 Å². The van der Waals surface area contributed by atoms with Gasteiger partial charge in [0.05, 0.1) is 0 Å². The van der Waals surface area contributed by atoms with Gasteiger partial charge in [0.25, 0.3) is 0 Å². The zero-order valence-corrected chi connectivity index (χ0v) is 13.6. The van der Waals surface area contributed by atoms with Crippen LogP contribution in [-0.4, -0.2) is 18.5 Å². The predicted molar refractivity (Wildman–Crippen MR) is 84.9 cm³/mol. The summed E-state index contributed by atoms with van der Waals surface area (Å²) in [6.45, 7) is 5.08. The number of carbonyl (C=O) groups excluding carboxylic acids is 1. The quantitative estimate of drug-likeness (QED) is 0.859. The molecule has 1 aliphatic rings. The van der Waals surface area contributed by atoms with Gasteiger partial charge in [-0.1, -0.05) is 15.9 Å². The van der Waals surface area contributed by atoms with Crippen LogP contribution in [-0.2, 0) is 4.79 Å². The maximum atomic E-state index is 12.2. The largest absolute Gasteiger partial charge is 0.326 e. The molecule has 0 unspecified atom stereocenters. The average molecular weight is 348 g/mol. The Kier molecular flexibility index (Phi) is 6.30. The van der Waals surface area contributed by atoms with Crippen LogP contribution in [0.15, 0.2) is 22.7 Å². The topological polar surface area (TPSA) is 41.1 Å². The molecule has 2 atom stereocenters. The molecule has 106 valence electrons. The van der Waals surface area contributed by atoms with Crippen molar-refractivity contribution in [3.63, 3.8) is 0 Å². The minimum atomic E-state index is 0. The number of halogens is 2. The number of hydrogen-bond acceptors (Lipinski definition) is 2. The van der Waals surface area contributed by atoms with E-state index < -0.39 is 0 Å². The van der Waals surface area contributed by atoms with Gasteiger partial charge in [0.2, 0.25) is 5.91 Å². The number of benzene rings is 1. The molecule has 0 radical (unpaired) electrons. The van der Waals surface area contributed by atoms with E-state index in [4.69, 9.17) is 0 Å². The number of aryl methyl sites for hydroxylation is 1. The van der Waals surface area contributed by atoms with Crippen LogP contribution in [0.2, 0.25) is 0 Å². The Labute approximate surface area is 129 Å². The molecule has 0 aliphatic carbocycles. The van der Waals surface area contributed by atoms with Crippen molar-refractivity contribution in [2.75, 3.05) is 11.9 Å². The second-order valence-electron chi connectivity index (χ2n) is 5.03. The lowest BCUT2D eigenvalue weighted by Gasteiger charge is -2.27. The van der Waals surface area contributed by atoms with Crippen LogP contribution in [0.4, 0.5) is 5.69 Å². The fraction of sp³-hybridized carbons (Fsp3) is 0.500. The molecule has 1 amide bonds. The first-order valence-corrected chi connectivity index (χ1v) is 7.16. The molecule has 2 N–H and O–H groups in total. The first-order chi connectivity index (χ1) is 8.56. The van der Waals surface area contributed by atoms with Crippen LogP contribution < -0.4 is 10.6 Å². The lowest BCUT2D eigenvalue weighted by Crippen LogP contribution is -2.40. The molecule has 5 heteroatoms. The number of rotatable bonds is 2. The molecule has 1 aromatic rings. The summed E-state index contributed by atoms with van der Waals surface area (Å²) in [5, 5.41) is 6.37. The smallest absolute Gasteiger partial charge is 0.227 e. The predicted octanol–water partition coefficient (Wildman–Crippen LogP) is 3.51. The average Bonchev–Trinajstić information content (AvgIpc) is 2.34. The van der Waals surface area contributed by atoms with Crippen LogP contribution in [0, 0.1) is 12.8 Å². The van der Waals surface area contributed by atoms with Crippen molar-refractivity contribution in [3.05, 3.63) is 28.2 Å². The maximum Gasteiger partial charge on any atom is 0.227 e. The van der Waals surface area contributed by atoms with Gasteiger partial charge in [-0.15, -0.1) is 12.4 Å². The Morgan fingerprint density at radius 2 is 2.21 bits per heavy atom. The van der Waals surface area contributed by atoms with Crippen LogP contribution in [0.3, 0.4) is 0 Å². The van der Waals surface area contributed by atoms with E-state index >= 15 is 0 Å². The molecule has 3 nitrogen and oxygen atoms in total. The van der Waals surface area contributed by atoms with E-state index in [2.05, 4.69) is 33.5 Å². The van der Waals surface area contributed by atoms with Crippen molar-refractivity contribution in [1.82, 2.24) is 5.32 Å². The third kappa shape index (κ3) is 4.48. The third-order valence-corrected chi connectivity index (χ3v) is 4.31. The second kappa shape index (κ2) is 7.27. The lowest BCUT2D eigenvalue weighted by atomic mass is 9.92. The van der Waals surface area contributed by atoms with Crippen molar-refractivity contribution >= 4 is 39.9 Å². The minimum absolute atomic E-state index is 0. The number of piperidine rings is 1. The highest BCUT2D eigenvalue weighted by molar-refractivity contribution is 9.10. The highest BCUT2D eigenvalue weighted by Gasteiger charge is 2.24. The second-order valence-corrected chi connectivity index (χ2v) is 5.88. The summed E-state index contributed by atoms with van der Waals surface area (Å²) in [4.78, 5) is 12.2. The van der Waals surface area contributed by atoms with E-state index in [9.17, 15) is 4.79 Å². The van der Waals surface area contributed by atoms with Gasteiger partial charge in [-0.3, -0.25) is 4.79 Å². The van der Waals surface area contributed by atoms with Crippen molar-refractivity contribution in [2.45, 2.75) is 32.7 Å². The maximum absolute atomic E-state index is 12.2. The van der Waals surface area contributed by atoms with Crippen molar-refractivity contribution < 1.29 is 4.79 Å². The molecule has 1 saturated heterocycles. The van der Waals surface area contributed by atoms with Crippen LogP contribution in [0.1, 0.15) is 25.3 Å². The summed E-state index contributed by atoms with van der Waals surface area (Å²) in [6, 6.07) is 6.32. The van der Waals surface area contributed by atoms with Gasteiger partial charge >= 0.3 is 0 Å². The highest BCUT2D eigenvalue weighted by atomic mass is 79.9. The Morgan fingerprint density at radius 1 is 1.47 bits per heavy atom. The molecule has 0 aromatic heterocycles. The van der Waals surface area contributed by atoms with E-state index in [0.29, 0.717) is 6.04 Å². The summed E-state index contributed by atoms with van der Waals surface area (Å²) < 4.78 is 1.07. The molecule has 1 aromatic carbocycles. The van der Waals surface area contributed by atoms with Gasteiger partial charge in [0.1, 0.15) is 0 Å². The zero-order valence-electron chi connectivity index (χ0n) is 11.2. The van der Waals surface area contributed by atoms with Gasteiger partial charge in [-0.25, -0.2) is 0 Å². The molecule has 2 rings (SSSR count). The van der Waals surface area contributed by atoms with Gasteiger partial charge in [-0.2, -0.15) is 0 Å². The Hall–Kier alpha value is -0.580. The summed E-state index contributed by atoms with van der Waals surface area (Å²) in [5.41, 5.74) is 2.01. The molecular formula is C14H20BrClN2O. The summed E-state index contributed by atoms with van der Waals surface area (Å²) in [6.07, 6.45) is 1.84. The summed E-state index contributed by atoms with van der Waals surface area (Å²) in [5.74, 6) is 0.273. The van der Waals surface area contributed by atoms with E-state index in [1.807, 2.05) is 25.1 Å². The van der Waals surface area contributed by atoms with Gasteiger partial charge < -0.3 is 10.6 Å². The molecular weight excluding hydrogens is 328 g/mol.